The molecule has 120 valence electrons. The van der Waals surface area contributed by atoms with Crippen LogP contribution in [0.1, 0.15) is 19.4 Å². The van der Waals surface area contributed by atoms with Crippen molar-refractivity contribution in [3.8, 4) is 11.4 Å². The van der Waals surface area contributed by atoms with E-state index in [4.69, 9.17) is 5.11 Å². The Morgan fingerprint density at radius 2 is 2.05 bits per heavy atom. The minimum absolute atomic E-state index is 0.156. The van der Waals surface area contributed by atoms with Crippen LogP contribution in [0.2, 0.25) is 0 Å². The van der Waals surface area contributed by atoms with Crippen molar-refractivity contribution < 1.29 is 23.1 Å². The maximum absolute atomic E-state index is 12.6. The molecule has 0 saturated carbocycles. The molecule has 0 radical (unpaired) electrons. The smallest absolute Gasteiger partial charge is 0.416 e. The molecule has 9 heteroatoms. The van der Waals surface area contributed by atoms with Crippen molar-refractivity contribution in [2.75, 3.05) is 5.75 Å². The number of halogens is 3. The summed E-state index contributed by atoms with van der Waals surface area (Å²) in [6.07, 6.45) is -4.43. The van der Waals surface area contributed by atoms with E-state index in [1.54, 1.807) is 0 Å². The van der Waals surface area contributed by atoms with Crippen LogP contribution in [-0.2, 0) is 11.0 Å². The molecule has 0 saturated heterocycles. The Bertz CT molecular complexity index is 629. The molecule has 0 bridgehead atoms. The summed E-state index contributed by atoms with van der Waals surface area (Å²) in [5.41, 5.74) is -0.555. The van der Waals surface area contributed by atoms with Gasteiger partial charge < -0.3 is 5.11 Å². The SMILES string of the molecule is CC.O=C(O)CSc1n[nH]c(-c2cccc(C(F)(F)F)c2)n1. The predicted octanol–water partition coefficient (Wildman–Crippen LogP) is 3.69. The van der Waals surface area contributed by atoms with Crippen LogP contribution in [0.4, 0.5) is 13.2 Å². The second-order valence-corrected chi connectivity index (χ2v) is 4.67. The molecule has 1 aromatic carbocycles. The van der Waals surface area contributed by atoms with Gasteiger partial charge in [0, 0.05) is 5.56 Å². The van der Waals surface area contributed by atoms with Crippen LogP contribution in [0.15, 0.2) is 29.4 Å². The fraction of sp³-hybridized carbons (Fsp3) is 0.308. The highest BCUT2D eigenvalue weighted by Gasteiger charge is 2.30. The lowest BCUT2D eigenvalue weighted by Gasteiger charge is -2.06. The first-order valence-electron chi connectivity index (χ1n) is 6.31. The Balaban J connectivity index is 0.00000116. The average molecular weight is 333 g/mol. The highest BCUT2D eigenvalue weighted by atomic mass is 32.2. The number of carboxylic acid groups (broad SMARTS) is 1. The van der Waals surface area contributed by atoms with Gasteiger partial charge >= 0.3 is 12.1 Å². The zero-order valence-electron chi connectivity index (χ0n) is 11.8. The van der Waals surface area contributed by atoms with Crippen LogP contribution < -0.4 is 0 Å². The first-order valence-corrected chi connectivity index (χ1v) is 7.29. The highest BCUT2D eigenvalue weighted by molar-refractivity contribution is 7.99. The molecule has 2 N–H and O–H groups in total. The van der Waals surface area contributed by atoms with E-state index in [1.807, 2.05) is 13.8 Å². The van der Waals surface area contributed by atoms with E-state index >= 15 is 0 Å². The fourth-order valence-corrected chi connectivity index (χ4v) is 1.93. The van der Waals surface area contributed by atoms with Crippen molar-refractivity contribution in [1.29, 1.82) is 0 Å². The van der Waals surface area contributed by atoms with Gasteiger partial charge in [-0.2, -0.15) is 13.2 Å². The number of alkyl halides is 3. The zero-order chi connectivity index (χ0) is 16.8. The third kappa shape index (κ3) is 5.06. The van der Waals surface area contributed by atoms with Gasteiger partial charge in [0.25, 0.3) is 0 Å². The van der Waals surface area contributed by atoms with Gasteiger partial charge in [-0.1, -0.05) is 37.7 Å². The van der Waals surface area contributed by atoms with Crippen LogP contribution in [0.5, 0.6) is 0 Å². The number of nitrogens with one attached hydrogen (secondary N) is 1. The summed E-state index contributed by atoms with van der Waals surface area (Å²) in [5.74, 6) is -1.09. The predicted molar refractivity (Wildman–Crippen MR) is 76.5 cm³/mol. The molecule has 0 unspecified atom stereocenters. The van der Waals surface area contributed by atoms with E-state index in [9.17, 15) is 18.0 Å². The number of rotatable bonds is 4. The maximum Gasteiger partial charge on any atom is 0.416 e. The van der Waals surface area contributed by atoms with Crippen molar-refractivity contribution in [1.82, 2.24) is 15.2 Å². The topological polar surface area (TPSA) is 78.9 Å². The first-order chi connectivity index (χ1) is 10.4. The van der Waals surface area contributed by atoms with Gasteiger partial charge in [-0.3, -0.25) is 9.89 Å². The number of benzene rings is 1. The summed E-state index contributed by atoms with van der Waals surface area (Å²) in [7, 11) is 0. The van der Waals surface area contributed by atoms with Crippen LogP contribution in [0.3, 0.4) is 0 Å². The molecule has 22 heavy (non-hydrogen) atoms. The Kier molecular flexibility index (Phi) is 6.41. The number of thioether (sulfide) groups is 1. The lowest BCUT2D eigenvalue weighted by atomic mass is 10.1. The number of hydrogen-bond donors (Lipinski definition) is 2. The molecule has 0 fully saturated rings. The van der Waals surface area contributed by atoms with Gasteiger partial charge in [0.2, 0.25) is 5.16 Å². The highest BCUT2D eigenvalue weighted by Crippen LogP contribution is 2.31. The number of carbonyl (C=O) groups is 1. The van der Waals surface area contributed by atoms with E-state index in [0.29, 0.717) is 0 Å². The molecule has 1 aromatic heterocycles. The molecule has 2 rings (SSSR count). The summed E-state index contributed by atoms with van der Waals surface area (Å²) in [6, 6.07) is 4.64. The van der Waals surface area contributed by atoms with E-state index in [2.05, 4.69) is 15.2 Å². The third-order valence-electron chi connectivity index (χ3n) is 2.25. The molecule has 2 aromatic rings. The molecular weight excluding hydrogens is 319 g/mol. The number of nitrogens with zero attached hydrogens (tertiary/aromatic N) is 2. The minimum atomic E-state index is -4.43. The molecule has 0 aliphatic rings. The van der Waals surface area contributed by atoms with Crippen molar-refractivity contribution in [2.24, 2.45) is 0 Å². The van der Waals surface area contributed by atoms with Crippen LogP contribution in [0, 0.1) is 0 Å². The molecule has 0 amide bonds. The second-order valence-electron chi connectivity index (χ2n) is 3.73. The Labute approximate surface area is 129 Å². The van der Waals surface area contributed by atoms with Crippen LogP contribution in [0.25, 0.3) is 11.4 Å². The largest absolute Gasteiger partial charge is 0.481 e. The standard InChI is InChI=1S/C11H8F3N3O2S.C2H6/c12-11(13,14)7-3-1-2-6(4-7)9-15-10(17-16-9)20-5-8(18)19;1-2/h1-4H,5H2,(H,18,19)(H,15,16,17);1-2H3. The summed E-state index contributed by atoms with van der Waals surface area (Å²) in [4.78, 5) is 14.3. The van der Waals surface area contributed by atoms with Crippen LogP contribution >= 0.6 is 11.8 Å². The number of aromatic nitrogens is 3. The van der Waals surface area contributed by atoms with E-state index in [1.165, 1.54) is 12.1 Å². The zero-order valence-corrected chi connectivity index (χ0v) is 12.6. The van der Waals surface area contributed by atoms with Crippen molar-refractivity contribution in [2.45, 2.75) is 25.2 Å². The Morgan fingerprint density at radius 3 is 2.64 bits per heavy atom. The Morgan fingerprint density at radius 1 is 1.36 bits per heavy atom. The number of H-pyrrole nitrogens is 1. The first kappa shape index (κ1) is 18.0. The second kappa shape index (κ2) is 7.83. The number of carboxylic acids is 1. The number of aliphatic carboxylic acids is 1. The van der Waals surface area contributed by atoms with Gasteiger partial charge in [-0.15, -0.1) is 5.10 Å². The third-order valence-corrected chi connectivity index (χ3v) is 3.09. The van der Waals surface area contributed by atoms with Crippen molar-refractivity contribution in [3.63, 3.8) is 0 Å². The summed E-state index contributed by atoms with van der Waals surface area (Å²) in [5, 5.41) is 14.9. The van der Waals surface area contributed by atoms with Gasteiger partial charge in [0.05, 0.1) is 11.3 Å². The van der Waals surface area contributed by atoms with Crippen LogP contribution in [-0.4, -0.2) is 32.0 Å². The summed E-state index contributed by atoms with van der Waals surface area (Å²) in [6.45, 7) is 4.00. The Hall–Kier alpha value is -2.03. The molecule has 1 heterocycles. The fourth-order valence-electron chi connectivity index (χ4n) is 1.41. The number of aromatic amines is 1. The molecule has 0 aliphatic carbocycles. The minimum Gasteiger partial charge on any atom is -0.481 e. The monoisotopic (exact) mass is 333 g/mol. The lowest BCUT2D eigenvalue weighted by molar-refractivity contribution is -0.137. The average Bonchev–Trinajstić information content (AvgIpc) is 2.95. The van der Waals surface area contributed by atoms with Gasteiger partial charge in [-0.25, -0.2) is 4.98 Å². The van der Waals surface area contributed by atoms with Gasteiger partial charge in [0.15, 0.2) is 5.82 Å². The normalized spacial score (nSPS) is 10.8. The van der Waals surface area contributed by atoms with Crippen molar-refractivity contribution in [3.05, 3.63) is 29.8 Å². The molecule has 5 nitrogen and oxygen atoms in total. The molecule has 0 aliphatic heterocycles. The van der Waals surface area contributed by atoms with E-state index < -0.39 is 17.7 Å². The molecular formula is C13H14F3N3O2S. The van der Waals surface area contributed by atoms with Gasteiger partial charge in [-0.05, 0) is 12.1 Å². The van der Waals surface area contributed by atoms with Gasteiger partial charge in [0.1, 0.15) is 0 Å². The maximum atomic E-state index is 12.6. The van der Waals surface area contributed by atoms with E-state index in [0.717, 1.165) is 23.9 Å². The lowest BCUT2D eigenvalue weighted by Crippen LogP contribution is -2.04. The quantitative estimate of drug-likeness (QED) is 0.834. The summed E-state index contributed by atoms with van der Waals surface area (Å²) >= 11 is 0.879. The molecule has 0 atom stereocenters. The summed E-state index contributed by atoms with van der Waals surface area (Å²) < 4.78 is 37.7. The van der Waals surface area contributed by atoms with Crippen molar-refractivity contribution >= 4 is 17.7 Å². The van der Waals surface area contributed by atoms with E-state index in [-0.39, 0.29) is 22.3 Å². The molecule has 0 spiro atoms. The number of hydrogen-bond acceptors (Lipinski definition) is 4.